The van der Waals surface area contributed by atoms with Gasteiger partial charge in [-0.2, -0.15) is 0 Å². The molecule has 1 aliphatic rings. The molecule has 1 saturated heterocycles. The average molecular weight is 341 g/mol. The van der Waals surface area contributed by atoms with Crippen molar-refractivity contribution in [2.75, 3.05) is 18.4 Å². The largest absolute Gasteiger partial charge is 0.381 e. The monoisotopic (exact) mass is 341 g/mol. The highest BCUT2D eigenvalue weighted by Crippen LogP contribution is 2.26. The summed E-state index contributed by atoms with van der Waals surface area (Å²) >= 11 is 0. The summed E-state index contributed by atoms with van der Waals surface area (Å²) in [5, 5.41) is 3.40. The average Bonchev–Trinajstić information content (AvgIpc) is 2.58. The van der Waals surface area contributed by atoms with E-state index in [-0.39, 0.29) is 17.4 Å². The maximum Gasteiger partial charge on any atom is 0.164 e. The quantitative estimate of drug-likeness (QED) is 0.842. The molecule has 0 unspecified atom stereocenters. The molecule has 0 spiro atoms. The van der Waals surface area contributed by atoms with E-state index in [0.29, 0.717) is 11.6 Å². The number of rotatable bonds is 5. The number of benzene rings is 1. The summed E-state index contributed by atoms with van der Waals surface area (Å²) in [5.74, 6) is -0.320. The summed E-state index contributed by atoms with van der Waals surface area (Å²) in [4.78, 5) is 18.6. The van der Waals surface area contributed by atoms with Crippen LogP contribution in [-0.4, -0.2) is 34.8 Å². The molecule has 2 atom stereocenters. The summed E-state index contributed by atoms with van der Waals surface area (Å²) in [6, 6.07) is 11.0. The van der Waals surface area contributed by atoms with Crippen LogP contribution < -0.4 is 5.32 Å². The number of aromatic nitrogens is 1. The predicted octanol–water partition coefficient (Wildman–Crippen LogP) is 3.75. The Bertz CT molecular complexity index is 735. The predicted molar refractivity (Wildman–Crippen MR) is 97.1 cm³/mol. The van der Waals surface area contributed by atoms with Crippen LogP contribution >= 0.6 is 0 Å². The first-order valence-corrected chi connectivity index (χ1v) is 8.73. The summed E-state index contributed by atoms with van der Waals surface area (Å²) in [5.41, 5.74) is 1.83. The van der Waals surface area contributed by atoms with Gasteiger partial charge in [0.2, 0.25) is 0 Å². The fraction of sp³-hybridized carbons (Fsp3) is 0.400. The first kappa shape index (κ1) is 17.5. The number of carbonyl (C=O) groups excluding carboxylic acids is 1. The molecule has 3 rings (SSSR count). The van der Waals surface area contributed by atoms with Crippen LogP contribution in [0.15, 0.2) is 42.6 Å². The number of carbonyl (C=O) groups is 1. The van der Waals surface area contributed by atoms with E-state index in [9.17, 15) is 9.18 Å². The number of pyridine rings is 1. The Balaban J connectivity index is 1.65. The molecule has 1 fully saturated rings. The number of halogens is 1. The second-order valence-electron chi connectivity index (χ2n) is 6.79. The lowest BCUT2D eigenvalue weighted by molar-refractivity contribution is 0.101. The molecule has 1 aromatic heterocycles. The van der Waals surface area contributed by atoms with E-state index in [2.05, 4.69) is 22.1 Å². The molecule has 0 radical (unpaired) electrons. The van der Waals surface area contributed by atoms with Crippen molar-refractivity contribution in [1.29, 1.82) is 0 Å². The van der Waals surface area contributed by atoms with Gasteiger partial charge in [0.05, 0.1) is 11.3 Å². The van der Waals surface area contributed by atoms with E-state index < -0.39 is 5.82 Å². The number of Topliss-reactive ketones (excluding diaryl/α,β-unsaturated/α-hetero) is 1. The minimum Gasteiger partial charge on any atom is -0.381 e. The Morgan fingerprint density at radius 1 is 1.32 bits per heavy atom. The molecular weight excluding hydrogens is 317 g/mol. The van der Waals surface area contributed by atoms with Crippen molar-refractivity contribution in [1.82, 2.24) is 9.88 Å². The molecule has 1 N–H and O–H groups in total. The second kappa shape index (κ2) is 7.74. The standard InChI is InChI=1S/C20H24FN3O/c1-14-12-24(13-16-6-3-4-10-22-16)11-9-18(14)23-19-8-5-7-17(21)20(19)15(2)25/h3-8,10,14,18,23H,9,11-13H2,1-2H3/t14-,18+/m1/s1. The Kier molecular flexibility index (Phi) is 5.43. The third kappa shape index (κ3) is 4.23. The van der Waals surface area contributed by atoms with E-state index in [1.54, 1.807) is 12.1 Å². The molecule has 5 heteroatoms. The van der Waals surface area contributed by atoms with Gasteiger partial charge in [0.15, 0.2) is 5.78 Å². The first-order chi connectivity index (χ1) is 12.0. The Morgan fingerprint density at radius 3 is 2.84 bits per heavy atom. The van der Waals surface area contributed by atoms with Gasteiger partial charge in [-0.15, -0.1) is 0 Å². The lowest BCUT2D eigenvalue weighted by Crippen LogP contribution is -2.45. The maximum atomic E-state index is 14.0. The SMILES string of the molecule is CC(=O)c1c(F)cccc1N[C@H]1CCN(Cc2ccccn2)C[C@H]1C. The number of nitrogens with zero attached hydrogens (tertiary/aromatic N) is 2. The van der Waals surface area contributed by atoms with Crippen LogP contribution in [0.4, 0.5) is 10.1 Å². The zero-order chi connectivity index (χ0) is 17.8. The number of likely N-dealkylation sites (tertiary alicyclic amines) is 1. The molecule has 132 valence electrons. The number of hydrogen-bond acceptors (Lipinski definition) is 4. The molecule has 1 aliphatic heterocycles. The van der Waals surface area contributed by atoms with Crippen molar-refractivity contribution in [3.05, 3.63) is 59.7 Å². The van der Waals surface area contributed by atoms with E-state index in [1.807, 2.05) is 24.4 Å². The molecule has 4 nitrogen and oxygen atoms in total. The zero-order valence-corrected chi connectivity index (χ0v) is 14.7. The molecule has 25 heavy (non-hydrogen) atoms. The fourth-order valence-corrected chi connectivity index (χ4v) is 3.51. The van der Waals surface area contributed by atoms with Crippen LogP contribution in [-0.2, 0) is 6.54 Å². The third-order valence-corrected chi connectivity index (χ3v) is 4.81. The van der Waals surface area contributed by atoms with Gasteiger partial charge in [-0.1, -0.05) is 19.1 Å². The molecule has 0 saturated carbocycles. The van der Waals surface area contributed by atoms with E-state index in [4.69, 9.17) is 0 Å². The van der Waals surface area contributed by atoms with Crippen molar-refractivity contribution >= 4 is 11.5 Å². The number of ketones is 1. The van der Waals surface area contributed by atoms with Crippen molar-refractivity contribution in [3.8, 4) is 0 Å². The highest BCUT2D eigenvalue weighted by atomic mass is 19.1. The molecule has 2 aromatic rings. The number of hydrogen-bond donors (Lipinski definition) is 1. The van der Waals surface area contributed by atoms with Crippen molar-refractivity contribution in [3.63, 3.8) is 0 Å². The molecule has 1 aromatic carbocycles. The van der Waals surface area contributed by atoms with E-state index in [1.165, 1.54) is 13.0 Å². The molecular formula is C20H24FN3O. The van der Waals surface area contributed by atoms with Gasteiger partial charge in [-0.3, -0.25) is 14.7 Å². The minimum atomic E-state index is -0.460. The number of nitrogens with one attached hydrogen (secondary N) is 1. The summed E-state index contributed by atoms with van der Waals surface area (Å²) in [6.07, 6.45) is 2.77. The highest BCUT2D eigenvalue weighted by molar-refractivity contribution is 5.99. The smallest absolute Gasteiger partial charge is 0.164 e. The molecule has 0 bridgehead atoms. The van der Waals surface area contributed by atoms with Gasteiger partial charge in [0.1, 0.15) is 5.82 Å². The van der Waals surface area contributed by atoms with Crippen LogP contribution in [0.2, 0.25) is 0 Å². The van der Waals surface area contributed by atoms with Gasteiger partial charge in [0.25, 0.3) is 0 Å². The summed E-state index contributed by atoms with van der Waals surface area (Å²) in [6.45, 7) is 6.33. The van der Waals surface area contributed by atoms with Crippen LogP contribution in [0.5, 0.6) is 0 Å². The topological polar surface area (TPSA) is 45.2 Å². The van der Waals surface area contributed by atoms with E-state index >= 15 is 0 Å². The lowest BCUT2D eigenvalue weighted by Gasteiger charge is -2.37. The third-order valence-electron chi connectivity index (χ3n) is 4.81. The molecule has 0 aliphatic carbocycles. The van der Waals surface area contributed by atoms with E-state index in [0.717, 1.165) is 31.7 Å². The van der Waals surface area contributed by atoms with Gasteiger partial charge in [-0.05, 0) is 43.5 Å². The van der Waals surface area contributed by atoms with Crippen LogP contribution in [0, 0.1) is 11.7 Å². The van der Waals surface area contributed by atoms with Gasteiger partial charge >= 0.3 is 0 Å². The first-order valence-electron chi connectivity index (χ1n) is 8.73. The van der Waals surface area contributed by atoms with Gasteiger partial charge < -0.3 is 5.32 Å². The maximum absolute atomic E-state index is 14.0. The van der Waals surface area contributed by atoms with Gasteiger partial charge in [-0.25, -0.2) is 4.39 Å². The number of piperidine rings is 1. The van der Waals surface area contributed by atoms with Crippen LogP contribution in [0.1, 0.15) is 36.3 Å². The molecule has 2 heterocycles. The Morgan fingerprint density at radius 2 is 2.16 bits per heavy atom. The summed E-state index contributed by atoms with van der Waals surface area (Å²) in [7, 11) is 0. The molecule has 0 amide bonds. The lowest BCUT2D eigenvalue weighted by atomic mass is 9.93. The number of anilines is 1. The minimum absolute atomic E-state index is 0.158. The second-order valence-corrected chi connectivity index (χ2v) is 6.79. The fourth-order valence-electron chi connectivity index (χ4n) is 3.51. The van der Waals surface area contributed by atoms with Gasteiger partial charge in [0, 0.05) is 37.6 Å². The van der Waals surface area contributed by atoms with Crippen LogP contribution in [0.25, 0.3) is 0 Å². The van der Waals surface area contributed by atoms with Crippen LogP contribution in [0.3, 0.4) is 0 Å². The van der Waals surface area contributed by atoms with Crippen molar-refractivity contribution < 1.29 is 9.18 Å². The highest BCUT2D eigenvalue weighted by Gasteiger charge is 2.27. The Hall–Kier alpha value is -2.27. The summed E-state index contributed by atoms with van der Waals surface area (Å²) < 4.78 is 14.0. The normalized spacial score (nSPS) is 21.1. The van der Waals surface area contributed by atoms with Crippen molar-refractivity contribution in [2.24, 2.45) is 5.92 Å². The zero-order valence-electron chi connectivity index (χ0n) is 14.7. The van der Waals surface area contributed by atoms with Crippen molar-refractivity contribution in [2.45, 2.75) is 32.9 Å². The Labute approximate surface area is 148 Å².